The predicted molar refractivity (Wildman–Crippen MR) is 90.2 cm³/mol. The highest BCUT2D eigenvalue weighted by atomic mass is 16.4. The number of pyridine rings is 1. The monoisotopic (exact) mass is 316 g/mol. The number of hydrogen-bond acceptors (Lipinski definition) is 5. The molecule has 1 fully saturated rings. The van der Waals surface area contributed by atoms with Crippen LogP contribution in [0.15, 0.2) is 29.2 Å². The molecule has 0 bridgehead atoms. The highest BCUT2D eigenvalue weighted by Gasteiger charge is 2.18. The lowest BCUT2D eigenvalue weighted by molar-refractivity contribution is 0.0695. The molecule has 0 saturated carbocycles. The van der Waals surface area contributed by atoms with Gasteiger partial charge < -0.3 is 20.3 Å². The number of carbonyl (C=O) groups is 1. The molecule has 3 rings (SSSR count). The van der Waals surface area contributed by atoms with Gasteiger partial charge in [0.2, 0.25) is 5.43 Å². The number of rotatable bonds is 3. The number of aromatic nitrogens is 1. The van der Waals surface area contributed by atoms with Crippen molar-refractivity contribution in [3.05, 3.63) is 40.2 Å². The molecule has 23 heavy (non-hydrogen) atoms. The number of nitrogens with one attached hydrogen (secondary N) is 1. The first kappa shape index (κ1) is 15.4. The maximum Gasteiger partial charge on any atom is 0.341 e. The highest BCUT2D eigenvalue weighted by Crippen LogP contribution is 2.21. The minimum absolute atomic E-state index is 0.237. The van der Waals surface area contributed by atoms with Gasteiger partial charge in [-0.1, -0.05) is 0 Å². The quantitative estimate of drug-likeness (QED) is 0.865. The van der Waals surface area contributed by atoms with E-state index < -0.39 is 11.4 Å². The van der Waals surface area contributed by atoms with Gasteiger partial charge in [-0.15, -0.1) is 0 Å². The number of hydrogen-bond donors (Lipinski definition) is 2. The Hall–Kier alpha value is -2.54. The van der Waals surface area contributed by atoms with Crippen molar-refractivity contribution in [2.45, 2.75) is 0 Å². The normalized spacial score (nSPS) is 15.8. The third-order valence-electron chi connectivity index (χ3n) is 4.33. The fourth-order valence-electron chi connectivity index (χ4n) is 2.91. The fourth-order valence-corrected chi connectivity index (χ4v) is 2.91. The Kier molecular flexibility index (Phi) is 3.96. The number of carboxylic acid groups (broad SMARTS) is 1. The van der Waals surface area contributed by atoms with E-state index in [1.807, 2.05) is 12.1 Å². The summed E-state index contributed by atoms with van der Waals surface area (Å²) in [5.74, 6) is -1.22. The van der Waals surface area contributed by atoms with Gasteiger partial charge in [0.25, 0.3) is 0 Å². The van der Waals surface area contributed by atoms with Gasteiger partial charge in [-0.3, -0.25) is 9.47 Å². The molecule has 1 saturated heterocycles. The number of likely N-dealkylation sites (N-methyl/N-ethyl adjacent to an activating group) is 1. The smallest absolute Gasteiger partial charge is 0.341 e. The minimum Gasteiger partial charge on any atom is -0.477 e. The zero-order valence-corrected chi connectivity index (χ0v) is 13.2. The number of benzene rings is 1. The van der Waals surface area contributed by atoms with Crippen LogP contribution in [0.25, 0.3) is 10.9 Å². The summed E-state index contributed by atoms with van der Waals surface area (Å²) >= 11 is 0. The number of carboxylic acids is 1. The third-order valence-corrected chi connectivity index (χ3v) is 4.33. The summed E-state index contributed by atoms with van der Waals surface area (Å²) in [4.78, 5) is 28.1. The number of anilines is 1. The van der Waals surface area contributed by atoms with Crippen LogP contribution in [0.5, 0.6) is 0 Å². The summed E-state index contributed by atoms with van der Waals surface area (Å²) < 4.78 is 1.58. The number of aromatic carboxylic acids is 1. The van der Waals surface area contributed by atoms with Crippen molar-refractivity contribution >= 4 is 22.6 Å². The van der Waals surface area contributed by atoms with Gasteiger partial charge in [-0.2, -0.15) is 0 Å². The molecule has 0 atom stereocenters. The predicted octanol–water partition coefficient (Wildman–Crippen LogP) is 0.625. The van der Waals surface area contributed by atoms with E-state index in [1.54, 1.807) is 17.8 Å². The second-order valence-electron chi connectivity index (χ2n) is 5.76. The van der Waals surface area contributed by atoms with Crippen LogP contribution in [0.1, 0.15) is 10.4 Å². The van der Waals surface area contributed by atoms with E-state index in [0.717, 1.165) is 31.9 Å². The van der Waals surface area contributed by atoms with Gasteiger partial charge in [0.1, 0.15) is 5.56 Å². The maximum absolute atomic E-state index is 12.3. The van der Waals surface area contributed by atoms with Crippen LogP contribution in [0.3, 0.4) is 0 Å². The van der Waals surface area contributed by atoms with Crippen molar-refractivity contribution in [3.63, 3.8) is 0 Å². The molecular formula is C16H20N4O3. The van der Waals surface area contributed by atoms with Crippen LogP contribution in [0, 0.1) is 0 Å². The lowest BCUT2D eigenvalue weighted by Crippen LogP contribution is -2.44. The van der Waals surface area contributed by atoms with E-state index in [2.05, 4.69) is 22.3 Å². The molecule has 2 heterocycles. The maximum atomic E-state index is 12.3. The van der Waals surface area contributed by atoms with Crippen LogP contribution < -0.4 is 15.8 Å². The van der Waals surface area contributed by atoms with Crippen LogP contribution in [0.2, 0.25) is 0 Å². The Morgan fingerprint density at radius 2 is 1.91 bits per heavy atom. The summed E-state index contributed by atoms with van der Waals surface area (Å²) in [5, 5.41) is 9.57. The van der Waals surface area contributed by atoms with Gasteiger partial charge in [0.15, 0.2) is 0 Å². The molecule has 1 aromatic carbocycles. The van der Waals surface area contributed by atoms with Crippen LogP contribution in [-0.2, 0) is 0 Å². The lowest BCUT2D eigenvalue weighted by atomic mass is 10.1. The Morgan fingerprint density at radius 3 is 2.52 bits per heavy atom. The molecule has 0 amide bonds. The largest absolute Gasteiger partial charge is 0.477 e. The summed E-state index contributed by atoms with van der Waals surface area (Å²) in [5.41, 5.74) is 3.94. The van der Waals surface area contributed by atoms with E-state index in [9.17, 15) is 14.7 Å². The van der Waals surface area contributed by atoms with Gasteiger partial charge in [-0.25, -0.2) is 4.79 Å². The van der Waals surface area contributed by atoms with Gasteiger partial charge in [-0.05, 0) is 25.2 Å². The third kappa shape index (κ3) is 2.75. The summed E-state index contributed by atoms with van der Waals surface area (Å²) in [6.45, 7) is 3.85. The second-order valence-corrected chi connectivity index (χ2v) is 5.76. The molecule has 7 heteroatoms. The summed E-state index contributed by atoms with van der Waals surface area (Å²) in [6.07, 6.45) is 1.33. The molecule has 2 N–H and O–H groups in total. The van der Waals surface area contributed by atoms with Crippen molar-refractivity contribution in [1.29, 1.82) is 0 Å². The van der Waals surface area contributed by atoms with E-state index in [4.69, 9.17) is 0 Å². The molecule has 0 aliphatic carbocycles. The van der Waals surface area contributed by atoms with E-state index in [-0.39, 0.29) is 5.56 Å². The molecule has 1 aliphatic heterocycles. The first-order valence-electron chi connectivity index (χ1n) is 7.55. The SMILES string of the molecule is CNn1cc(C(=O)O)c(=O)c2ccc(N3CCN(C)CC3)cc21. The molecule has 0 radical (unpaired) electrons. The zero-order valence-electron chi connectivity index (χ0n) is 13.2. The van der Waals surface area contributed by atoms with Gasteiger partial charge >= 0.3 is 5.97 Å². The van der Waals surface area contributed by atoms with Crippen molar-refractivity contribution in [2.24, 2.45) is 0 Å². The standard InChI is InChI=1S/C16H20N4O3/c1-17-20-10-13(16(22)23)15(21)12-4-3-11(9-14(12)20)19-7-5-18(2)6-8-19/h3-4,9-10,17H,5-8H2,1-2H3,(H,22,23). The highest BCUT2D eigenvalue weighted by molar-refractivity contribution is 5.93. The van der Waals surface area contributed by atoms with E-state index in [1.165, 1.54) is 6.20 Å². The minimum atomic E-state index is -1.22. The first-order chi connectivity index (χ1) is 11.0. The molecule has 0 unspecified atom stereocenters. The molecule has 1 aromatic heterocycles. The number of fused-ring (bicyclic) bond motifs is 1. The molecule has 1 aliphatic rings. The Morgan fingerprint density at radius 1 is 1.22 bits per heavy atom. The second kappa shape index (κ2) is 5.92. The molecule has 2 aromatic rings. The summed E-state index contributed by atoms with van der Waals surface area (Å²) in [6, 6.07) is 5.54. The van der Waals surface area contributed by atoms with Crippen molar-refractivity contribution < 1.29 is 9.90 Å². The molecule has 0 spiro atoms. The van der Waals surface area contributed by atoms with Gasteiger partial charge in [0, 0.05) is 50.5 Å². The van der Waals surface area contributed by atoms with E-state index >= 15 is 0 Å². The van der Waals surface area contributed by atoms with Crippen LogP contribution >= 0.6 is 0 Å². The lowest BCUT2D eigenvalue weighted by Gasteiger charge is -2.34. The average Bonchev–Trinajstić information content (AvgIpc) is 2.55. The Balaban J connectivity index is 2.11. The molecular weight excluding hydrogens is 296 g/mol. The van der Waals surface area contributed by atoms with E-state index in [0.29, 0.717) is 10.9 Å². The van der Waals surface area contributed by atoms with Crippen molar-refractivity contribution in [1.82, 2.24) is 9.58 Å². The number of piperazine rings is 1. The Bertz CT molecular complexity index is 807. The summed E-state index contributed by atoms with van der Waals surface area (Å²) in [7, 11) is 3.79. The fraction of sp³-hybridized carbons (Fsp3) is 0.375. The first-order valence-corrected chi connectivity index (χ1v) is 7.55. The number of nitrogens with zero attached hydrogens (tertiary/aromatic N) is 3. The Labute approximate surface area is 133 Å². The van der Waals surface area contributed by atoms with Crippen LogP contribution in [-0.4, -0.2) is 60.9 Å². The van der Waals surface area contributed by atoms with Crippen molar-refractivity contribution in [3.8, 4) is 0 Å². The molecule has 7 nitrogen and oxygen atoms in total. The average molecular weight is 316 g/mol. The van der Waals surface area contributed by atoms with Crippen molar-refractivity contribution in [2.75, 3.05) is 50.6 Å². The van der Waals surface area contributed by atoms with Gasteiger partial charge in [0.05, 0.1) is 5.52 Å². The van der Waals surface area contributed by atoms with Crippen LogP contribution in [0.4, 0.5) is 5.69 Å². The zero-order chi connectivity index (χ0) is 16.6. The topological polar surface area (TPSA) is 77.8 Å². The molecule has 122 valence electrons.